The van der Waals surface area contributed by atoms with Gasteiger partial charge < -0.3 is 10.1 Å². The molecule has 2 unspecified atom stereocenters. The smallest absolute Gasteiger partial charge is 0.408 e. The number of ether oxygens (including phenoxy) is 1. The summed E-state index contributed by atoms with van der Waals surface area (Å²) in [5, 5.41) is 1.85. The number of amides is 1. The van der Waals surface area contributed by atoms with E-state index < -0.39 is 34.6 Å². The molecule has 0 bridgehead atoms. The molecule has 0 radical (unpaired) electrons. The van der Waals surface area contributed by atoms with Crippen molar-refractivity contribution in [3.8, 4) is 0 Å². The van der Waals surface area contributed by atoms with Gasteiger partial charge in [0.1, 0.15) is 5.60 Å². The summed E-state index contributed by atoms with van der Waals surface area (Å²) in [6.07, 6.45) is -0.683. The van der Waals surface area contributed by atoms with Crippen LogP contribution in [0.15, 0.2) is 0 Å². The van der Waals surface area contributed by atoms with E-state index in [1.165, 1.54) is 13.8 Å². The van der Waals surface area contributed by atoms with Crippen LogP contribution in [0.4, 0.5) is 4.79 Å². The first-order valence-corrected chi connectivity index (χ1v) is 5.75. The maximum absolute atomic E-state index is 11.6. The summed E-state index contributed by atoms with van der Waals surface area (Å²) >= 11 is 3.58. The monoisotopic (exact) mass is 261 g/mol. The average Bonchev–Trinajstić information content (AvgIpc) is 2.11. The van der Waals surface area contributed by atoms with Crippen molar-refractivity contribution >= 4 is 29.6 Å². The van der Waals surface area contributed by atoms with E-state index in [9.17, 15) is 14.4 Å². The Morgan fingerprint density at radius 2 is 1.65 bits per heavy atom. The van der Waals surface area contributed by atoms with Crippen LogP contribution < -0.4 is 5.32 Å². The van der Waals surface area contributed by atoms with Crippen molar-refractivity contribution in [3.63, 3.8) is 0 Å². The third-order valence-corrected chi connectivity index (χ3v) is 2.34. The van der Waals surface area contributed by atoms with Gasteiger partial charge in [0.2, 0.25) is 0 Å². The second-order valence-corrected chi connectivity index (χ2v) is 5.27. The van der Waals surface area contributed by atoms with E-state index in [0.29, 0.717) is 0 Å². The Labute approximate surface area is 107 Å². The SMILES string of the molecule is CC(NC(=O)OC(C)(C)C)C(=O)C(C)C(=O)S. The minimum Gasteiger partial charge on any atom is -0.444 e. The first kappa shape index (κ1) is 16.0. The predicted molar refractivity (Wildman–Crippen MR) is 67.0 cm³/mol. The molecule has 0 heterocycles. The fourth-order valence-corrected chi connectivity index (χ4v) is 1.18. The molecule has 0 spiro atoms. The number of carbonyl (C=O) groups is 3. The summed E-state index contributed by atoms with van der Waals surface area (Å²) < 4.78 is 4.99. The van der Waals surface area contributed by atoms with Gasteiger partial charge in [-0.1, -0.05) is 0 Å². The van der Waals surface area contributed by atoms with Gasteiger partial charge in [-0.2, -0.15) is 0 Å². The number of carbonyl (C=O) groups excluding carboxylic acids is 3. The van der Waals surface area contributed by atoms with Gasteiger partial charge >= 0.3 is 6.09 Å². The number of alkyl carbamates (subject to hydrolysis) is 1. The van der Waals surface area contributed by atoms with Crippen LogP contribution in [-0.2, 0) is 14.3 Å². The molecule has 5 nitrogen and oxygen atoms in total. The molecule has 2 atom stereocenters. The van der Waals surface area contributed by atoms with Crippen molar-refractivity contribution in [2.75, 3.05) is 0 Å². The van der Waals surface area contributed by atoms with Crippen molar-refractivity contribution in [1.82, 2.24) is 5.32 Å². The van der Waals surface area contributed by atoms with Crippen LogP contribution in [0.25, 0.3) is 0 Å². The molecule has 0 aromatic carbocycles. The minimum atomic E-state index is -0.844. The van der Waals surface area contributed by atoms with Crippen LogP contribution in [0.5, 0.6) is 0 Å². The summed E-state index contributed by atoms with van der Waals surface area (Å²) in [5.74, 6) is -1.24. The van der Waals surface area contributed by atoms with E-state index in [1.54, 1.807) is 20.8 Å². The van der Waals surface area contributed by atoms with Crippen molar-refractivity contribution in [3.05, 3.63) is 0 Å². The van der Waals surface area contributed by atoms with Gasteiger partial charge in [-0.05, 0) is 34.6 Å². The lowest BCUT2D eigenvalue weighted by molar-refractivity contribution is -0.129. The molecular weight excluding hydrogens is 242 g/mol. The van der Waals surface area contributed by atoms with Crippen LogP contribution in [0.3, 0.4) is 0 Å². The molecule has 0 aromatic heterocycles. The fourth-order valence-electron chi connectivity index (χ4n) is 1.05. The highest BCUT2D eigenvalue weighted by atomic mass is 32.1. The predicted octanol–water partition coefficient (Wildman–Crippen LogP) is 1.56. The third kappa shape index (κ3) is 6.31. The van der Waals surface area contributed by atoms with Crippen molar-refractivity contribution in [2.45, 2.75) is 46.3 Å². The average molecular weight is 261 g/mol. The van der Waals surface area contributed by atoms with E-state index in [1.807, 2.05) is 0 Å². The van der Waals surface area contributed by atoms with Crippen LogP contribution in [0.1, 0.15) is 34.6 Å². The molecule has 17 heavy (non-hydrogen) atoms. The first-order valence-electron chi connectivity index (χ1n) is 5.30. The minimum absolute atomic E-state index is 0.393. The van der Waals surface area contributed by atoms with Gasteiger partial charge in [-0.25, -0.2) is 4.79 Å². The second-order valence-electron chi connectivity index (χ2n) is 4.83. The Morgan fingerprint density at radius 1 is 1.18 bits per heavy atom. The number of thiol groups is 1. The number of hydrogen-bond acceptors (Lipinski definition) is 4. The van der Waals surface area contributed by atoms with Crippen molar-refractivity contribution < 1.29 is 19.1 Å². The molecule has 0 aliphatic carbocycles. The van der Waals surface area contributed by atoms with Crippen LogP contribution in [0, 0.1) is 5.92 Å². The lowest BCUT2D eigenvalue weighted by atomic mass is 10.0. The summed E-state index contributed by atoms with van der Waals surface area (Å²) in [4.78, 5) is 33.9. The van der Waals surface area contributed by atoms with Gasteiger partial charge in [0, 0.05) is 0 Å². The zero-order valence-electron chi connectivity index (χ0n) is 10.7. The quantitative estimate of drug-likeness (QED) is 0.595. The lowest BCUT2D eigenvalue weighted by Crippen LogP contribution is -2.44. The number of rotatable bonds is 4. The normalized spacial score (nSPS) is 14.7. The molecule has 0 rings (SSSR count). The zero-order valence-corrected chi connectivity index (χ0v) is 11.6. The Bertz CT molecular complexity index is 322. The lowest BCUT2D eigenvalue weighted by Gasteiger charge is -2.22. The Kier molecular flexibility index (Phi) is 5.68. The Morgan fingerprint density at radius 3 is 2.00 bits per heavy atom. The zero-order chi connectivity index (χ0) is 13.8. The molecule has 0 aromatic rings. The molecule has 6 heteroatoms. The molecule has 0 aliphatic heterocycles. The summed E-state index contributed by atoms with van der Waals surface area (Å²) in [5.41, 5.74) is -0.627. The van der Waals surface area contributed by atoms with Crippen molar-refractivity contribution in [2.24, 2.45) is 5.92 Å². The van der Waals surface area contributed by atoms with Crippen LogP contribution in [0.2, 0.25) is 0 Å². The second kappa shape index (κ2) is 6.05. The molecule has 0 fully saturated rings. The van der Waals surface area contributed by atoms with Crippen molar-refractivity contribution in [1.29, 1.82) is 0 Å². The first-order chi connectivity index (χ1) is 7.54. The largest absolute Gasteiger partial charge is 0.444 e. The van der Waals surface area contributed by atoms with Gasteiger partial charge in [-0.3, -0.25) is 9.59 Å². The van der Waals surface area contributed by atoms with Crippen LogP contribution in [-0.4, -0.2) is 28.6 Å². The van der Waals surface area contributed by atoms with Gasteiger partial charge in [0.15, 0.2) is 10.9 Å². The Balaban J connectivity index is 4.36. The molecule has 1 N–H and O–H groups in total. The topological polar surface area (TPSA) is 72.5 Å². The maximum atomic E-state index is 11.6. The summed E-state index contributed by atoms with van der Waals surface area (Å²) in [6.45, 7) is 8.11. The van der Waals surface area contributed by atoms with Gasteiger partial charge in [0.05, 0.1) is 12.0 Å². The van der Waals surface area contributed by atoms with E-state index in [4.69, 9.17) is 4.74 Å². The maximum Gasteiger partial charge on any atom is 0.408 e. The van der Waals surface area contributed by atoms with E-state index >= 15 is 0 Å². The molecule has 0 saturated carbocycles. The Hall–Kier alpha value is -1.04. The number of ketones is 1. The van der Waals surface area contributed by atoms with E-state index in [0.717, 1.165) is 0 Å². The number of Topliss-reactive ketones (excluding diaryl/α,β-unsaturated/α-hetero) is 1. The fraction of sp³-hybridized carbons (Fsp3) is 0.727. The highest BCUT2D eigenvalue weighted by Crippen LogP contribution is 2.08. The number of hydrogen-bond donors (Lipinski definition) is 2. The number of nitrogens with one attached hydrogen (secondary N) is 1. The molecular formula is C11H19NO4S. The van der Waals surface area contributed by atoms with E-state index in [2.05, 4.69) is 17.9 Å². The molecule has 1 amide bonds. The summed E-state index contributed by atoms with van der Waals surface area (Å²) in [7, 11) is 0. The molecule has 0 aliphatic rings. The van der Waals surface area contributed by atoms with Gasteiger partial charge in [0.25, 0.3) is 0 Å². The van der Waals surface area contributed by atoms with Crippen LogP contribution >= 0.6 is 12.6 Å². The standard InChI is InChI=1S/C11H19NO4S/c1-6(9(14)17)8(13)7(2)12-10(15)16-11(3,4)5/h6-7H,1-5H3,(H,12,15)(H,14,17). The molecule has 0 saturated heterocycles. The highest BCUT2D eigenvalue weighted by Gasteiger charge is 2.26. The van der Waals surface area contributed by atoms with Gasteiger partial charge in [-0.15, -0.1) is 12.6 Å². The van der Waals surface area contributed by atoms with E-state index in [-0.39, 0.29) is 0 Å². The third-order valence-electron chi connectivity index (χ3n) is 1.96. The summed E-state index contributed by atoms with van der Waals surface area (Å²) in [6, 6.07) is -0.782. The molecule has 98 valence electrons. The highest BCUT2D eigenvalue weighted by molar-refractivity contribution is 7.96.